The van der Waals surface area contributed by atoms with Crippen molar-refractivity contribution >= 4 is 5.91 Å². The van der Waals surface area contributed by atoms with Crippen LogP contribution < -0.4 is 18.9 Å². The molecule has 7 heteroatoms. The van der Waals surface area contributed by atoms with Crippen LogP contribution in [0.25, 0.3) is 0 Å². The predicted octanol–water partition coefficient (Wildman–Crippen LogP) is 3.07. The second kappa shape index (κ2) is 10.2. The van der Waals surface area contributed by atoms with E-state index in [2.05, 4.69) is 17.0 Å². The molecule has 30 heavy (non-hydrogen) atoms. The first kappa shape index (κ1) is 21.8. The number of hydrogen-bond acceptors (Lipinski definition) is 6. The minimum atomic E-state index is -0.0616. The average Bonchev–Trinajstić information content (AvgIpc) is 2.79. The molecule has 0 radical (unpaired) electrons. The molecule has 1 heterocycles. The highest BCUT2D eigenvalue weighted by atomic mass is 16.5. The molecule has 162 valence electrons. The topological polar surface area (TPSA) is 60.5 Å². The van der Waals surface area contributed by atoms with E-state index in [1.54, 1.807) is 19.2 Å². The molecule has 0 aromatic heterocycles. The van der Waals surface area contributed by atoms with E-state index >= 15 is 0 Å². The fourth-order valence-corrected chi connectivity index (χ4v) is 3.67. The van der Waals surface area contributed by atoms with Gasteiger partial charge in [-0.2, -0.15) is 0 Å². The Balaban J connectivity index is 1.63. The van der Waals surface area contributed by atoms with Crippen LogP contribution in [0, 0.1) is 0 Å². The summed E-state index contributed by atoms with van der Waals surface area (Å²) in [6, 6.07) is 11.7. The van der Waals surface area contributed by atoms with Crippen molar-refractivity contribution in [1.82, 2.24) is 9.80 Å². The van der Waals surface area contributed by atoms with Gasteiger partial charge in [-0.05, 0) is 36.8 Å². The minimum Gasteiger partial charge on any atom is -0.494 e. The van der Waals surface area contributed by atoms with Gasteiger partial charge >= 0.3 is 0 Å². The number of hydrogen-bond donors (Lipinski definition) is 0. The highest BCUT2D eigenvalue weighted by Gasteiger charge is 2.27. The molecule has 1 aliphatic heterocycles. The lowest BCUT2D eigenvalue weighted by atomic mass is 10.1. The Labute approximate surface area is 178 Å². The first-order chi connectivity index (χ1) is 14.6. The fraction of sp³-hybridized carbons (Fsp3) is 0.435. The number of methoxy groups -OCH3 is 3. The lowest BCUT2D eigenvalue weighted by Crippen LogP contribution is -2.48. The van der Waals surface area contributed by atoms with Crippen molar-refractivity contribution in [2.24, 2.45) is 0 Å². The maximum absolute atomic E-state index is 13.1. The highest BCUT2D eigenvalue weighted by Crippen LogP contribution is 2.40. The summed E-state index contributed by atoms with van der Waals surface area (Å²) < 4.78 is 21.7. The summed E-state index contributed by atoms with van der Waals surface area (Å²) in [5.41, 5.74) is 1.72. The molecule has 1 aliphatic rings. The number of ether oxygens (including phenoxy) is 4. The SMILES string of the molecule is CCOc1ccc(CN2CCN(C(=O)c3ccc(OC)c(OC)c3OC)CC2)cc1. The first-order valence-corrected chi connectivity index (χ1v) is 10.1. The van der Waals surface area contributed by atoms with Crippen molar-refractivity contribution in [3.05, 3.63) is 47.5 Å². The molecule has 2 aromatic rings. The van der Waals surface area contributed by atoms with E-state index < -0.39 is 0 Å². The fourth-order valence-electron chi connectivity index (χ4n) is 3.67. The molecule has 1 amide bonds. The van der Waals surface area contributed by atoms with Gasteiger partial charge in [-0.1, -0.05) is 12.1 Å². The predicted molar refractivity (Wildman–Crippen MR) is 115 cm³/mol. The summed E-state index contributed by atoms with van der Waals surface area (Å²) >= 11 is 0. The number of piperazine rings is 1. The van der Waals surface area contributed by atoms with Gasteiger partial charge in [0.15, 0.2) is 11.5 Å². The zero-order valence-corrected chi connectivity index (χ0v) is 18.1. The van der Waals surface area contributed by atoms with Gasteiger partial charge in [-0.15, -0.1) is 0 Å². The molecule has 1 fully saturated rings. The quantitative estimate of drug-likeness (QED) is 0.662. The Morgan fingerprint density at radius 3 is 2.10 bits per heavy atom. The number of carbonyl (C=O) groups excluding carboxylic acids is 1. The molecule has 0 N–H and O–H groups in total. The number of benzene rings is 2. The average molecular weight is 415 g/mol. The van der Waals surface area contributed by atoms with Crippen molar-refractivity contribution in [1.29, 1.82) is 0 Å². The van der Waals surface area contributed by atoms with E-state index in [4.69, 9.17) is 18.9 Å². The summed E-state index contributed by atoms with van der Waals surface area (Å²) in [4.78, 5) is 17.3. The van der Waals surface area contributed by atoms with E-state index in [9.17, 15) is 4.79 Å². The second-order valence-electron chi connectivity index (χ2n) is 7.03. The number of rotatable bonds is 8. The molecule has 0 aliphatic carbocycles. The van der Waals surface area contributed by atoms with Gasteiger partial charge in [0.05, 0.1) is 33.5 Å². The molecule has 0 unspecified atom stereocenters. The summed E-state index contributed by atoms with van der Waals surface area (Å²) in [6.45, 7) is 6.45. The van der Waals surface area contributed by atoms with Crippen LogP contribution in [0.15, 0.2) is 36.4 Å². The number of carbonyl (C=O) groups is 1. The van der Waals surface area contributed by atoms with Crippen molar-refractivity contribution < 1.29 is 23.7 Å². The summed E-state index contributed by atoms with van der Waals surface area (Å²) in [5, 5.41) is 0. The lowest BCUT2D eigenvalue weighted by molar-refractivity contribution is 0.0624. The van der Waals surface area contributed by atoms with E-state index in [0.29, 0.717) is 42.5 Å². The molecule has 3 rings (SSSR count). The van der Waals surface area contributed by atoms with Gasteiger partial charge in [0, 0.05) is 32.7 Å². The van der Waals surface area contributed by atoms with Crippen molar-refractivity contribution in [2.45, 2.75) is 13.5 Å². The van der Waals surface area contributed by atoms with Crippen LogP contribution in [0.2, 0.25) is 0 Å². The molecule has 0 saturated carbocycles. The Morgan fingerprint density at radius 2 is 1.53 bits per heavy atom. The zero-order chi connectivity index (χ0) is 21.5. The van der Waals surface area contributed by atoms with E-state index in [0.717, 1.165) is 25.4 Å². The molecule has 2 aromatic carbocycles. The molecule has 0 atom stereocenters. The maximum atomic E-state index is 13.1. The minimum absolute atomic E-state index is 0.0616. The third kappa shape index (κ3) is 4.79. The van der Waals surface area contributed by atoms with Crippen LogP contribution in [-0.4, -0.2) is 69.8 Å². The number of amides is 1. The molecule has 0 bridgehead atoms. The van der Waals surface area contributed by atoms with E-state index in [1.165, 1.54) is 19.8 Å². The van der Waals surface area contributed by atoms with Gasteiger partial charge in [-0.25, -0.2) is 0 Å². The molecule has 7 nitrogen and oxygen atoms in total. The van der Waals surface area contributed by atoms with Crippen LogP contribution in [-0.2, 0) is 6.54 Å². The van der Waals surface area contributed by atoms with Crippen LogP contribution in [0.1, 0.15) is 22.8 Å². The van der Waals surface area contributed by atoms with E-state index in [-0.39, 0.29) is 5.91 Å². The van der Waals surface area contributed by atoms with E-state index in [1.807, 2.05) is 24.0 Å². The third-order valence-corrected chi connectivity index (χ3v) is 5.23. The Bertz CT molecular complexity index is 845. The largest absolute Gasteiger partial charge is 0.494 e. The van der Waals surface area contributed by atoms with Gasteiger partial charge in [0.1, 0.15) is 5.75 Å². The summed E-state index contributed by atoms with van der Waals surface area (Å²) in [6.07, 6.45) is 0. The zero-order valence-electron chi connectivity index (χ0n) is 18.1. The lowest BCUT2D eigenvalue weighted by Gasteiger charge is -2.35. The van der Waals surface area contributed by atoms with Gasteiger partial charge < -0.3 is 23.8 Å². The highest BCUT2D eigenvalue weighted by molar-refractivity contribution is 5.98. The Hall–Kier alpha value is -2.93. The van der Waals surface area contributed by atoms with Crippen molar-refractivity contribution in [3.63, 3.8) is 0 Å². The Kier molecular flexibility index (Phi) is 7.41. The van der Waals surface area contributed by atoms with Crippen LogP contribution in [0.5, 0.6) is 23.0 Å². The standard InChI is InChI=1S/C23H30N2O5/c1-5-30-18-8-6-17(7-9-18)16-24-12-14-25(15-13-24)23(26)19-10-11-20(27-2)22(29-4)21(19)28-3/h6-11H,5,12-16H2,1-4H3. The monoisotopic (exact) mass is 414 g/mol. The second-order valence-corrected chi connectivity index (χ2v) is 7.03. The molecular weight excluding hydrogens is 384 g/mol. The van der Waals surface area contributed by atoms with Crippen molar-refractivity contribution in [3.8, 4) is 23.0 Å². The van der Waals surface area contributed by atoms with Crippen LogP contribution in [0.4, 0.5) is 0 Å². The normalized spacial score (nSPS) is 14.3. The molecule has 0 spiro atoms. The maximum Gasteiger partial charge on any atom is 0.257 e. The van der Waals surface area contributed by atoms with Gasteiger partial charge in [-0.3, -0.25) is 9.69 Å². The number of nitrogens with zero attached hydrogens (tertiary/aromatic N) is 2. The molecule has 1 saturated heterocycles. The smallest absolute Gasteiger partial charge is 0.257 e. The summed E-state index contributed by atoms with van der Waals surface area (Å²) in [7, 11) is 4.62. The van der Waals surface area contributed by atoms with Crippen molar-refractivity contribution in [2.75, 3.05) is 54.1 Å². The Morgan fingerprint density at radius 1 is 0.867 bits per heavy atom. The van der Waals surface area contributed by atoms with Gasteiger partial charge in [0.25, 0.3) is 5.91 Å². The first-order valence-electron chi connectivity index (χ1n) is 10.1. The van der Waals surface area contributed by atoms with Crippen LogP contribution in [0.3, 0.4) is 0 Å². The van der Waals surface area contributed by atoms with Crippen LogP contribution >= 0.6 is 0 Å². The molecular formula is C23H30N2O5. The van der Waals surface area contributed by atoms with Gasteiger partial charge in [0.2, 0.25) is 5.75 Å². The summed E-state index contributed by atoms with van der Waals surface area (Å²) in [5.74, 6) is 2.19. The third-order valence-electron chi connectivity index (χ3n) is 5.23.